The van der Waals surface area contributed by atoms with E-state index in [0.29, 0.717) is 12.1 Å². The molecule has 0 spiro atoms. The number of halogens is 1. The maximum Gasteiger partial charge on any atom is 0.340 e. The normalized spacial score (nSPS) is 18.0. The van der Waals surface area contributed by atoms with Crippen molar-refractivity contribution < 1.29 is 19.0 Å². The molecule has 1 atom stereocenters. The summed E-state index contributed by atoms with van der Waals surface area (Å²) in [6, 6.07) is 2.82. The summed E-state index contributed by atoms with van der Waals surface area (Å²) in [5, 5.41) is 8.95. The molecule has 0 saturated carbocycles. The highest BCUT2D eigenvalue weighted by molar-refractivity contribution is 5.96. The molecule has 0 aromatic heterocycles. The number of ether oxygens (including phenoxy) is 1. The van der Waals surface area contributed by atoms with Crippen LogP contribution in [-0.2, 0) is 4.74 Å². The van der Waals surface area contributed by atoms with Gasteiger partial charge >= 0.3 is 5.97 Å². The molecule has 1 aliphatic rings. The van der Waals surface area contributed by atoms with Crippen LogP contribution in [0.25, 0.3) is 0 Å². The number of carbonyl (C=O) groups is 1. The summed E-state index contributed by atoms with van der Waals surface area (Å²) in [6.45, 7) is 0.861. The Labute approximate surface area is 123 Å². The molecule has 0 radical (unpaired) electrons. The van der Waals surface area contributed by atoms with Gasteiger partial charge in [-0.3, -0.25) is 0 Å². The summed E-state index contributed by atoms with van der Waals surface area (Å²) in [4.78, 5) is 13.6. The van der Waals surface area contributed by atoms with Gasteiger partial charge in [-0.25, -0.2) is 9.18 Å². The number of esters is 1. The number of anilines is 2. The summed E-state index contributed by atoms with van der Waals surface area (Å²) in [7, 11) is 1.27. The van der Waals surface area contributed by atoms with Crippen LogP contribution >= 0.6 is 0 Å². The predicted octanol–water partition coefficient (Wildman–Crippen LogP) is 1.94. The zero-order valence-electron chi connectivity index (χ0n) is 12.1. The molecule has 1 aliphatic heterocycles. The van der Waals surface area contributed by atoms with Crippen molar-refractivity contribution in [1.82, 2.24) is 0 Å². The maximum absolute atomic E-state index is 14.2. The topological polar surface area (TPSA) is 75.8 Å². The van der Waals surface area contributed by atoms with Crippen molar-refractivity contribution in [3.05, 3.63) is 23.5 Å². The van der Waals surface area contributed by atoms with Crippen molar-refractivity contribution in [2.45, 2.75) is 31.7 Å². The molecule has 1 unspecified atom stereocenters. The Hall–Kier alpha value is -1.82. The van der Waals surface area contributed by atoms with Gasteiger partial charge in [0.1, 0.15) is 5.82 Å². The first-order valence-electron chi connectivity index (χ1n) is 7.13. The minimum Gasteiger partial charge on any atom is -0.465 e. The van der Waals surface area contributed by atoms with Crippen LogP contribution in [0.1, 0.15) is 36.0 Å². The number of methoxy groups -OCH3 is 1. The molecule has 2 rings (SSSR count). The van der Waals surface area contributed by atoms with Crippen LogP contribution in [0.15, 0.2) is 12.1 Å². The predicted molar refractivity (Wildman–Crippen MR) is 78.8 cm³/mol. The van der Waals surface area contributed by atoms with Crippen molar-refractivity contribution in [1.29, 1.82) is 0 Å². The number of aliphatic hydroxyl groups excluding tert-OH is 1. The third-order valence-corrected chi connectivity index (χ3v) is 3.91. The Bertz CT molecular complexity index is 522. The fourth-order valence-corrected chi connectivity index (χ4v) is 2.86. The Balaban J connectivity index is 2.31. The molecule has 1 heterocycles. The average molecular weight is 296 g/mol. The SMILES string of the molecule is COC(=O)c1cc(N2CCCC2CCCO)c(F)cc1N. The number of aliphatic hydroxyl groups is 1. The second-order valence-electron chi connectivity index (χ2n) is 5.24. The molecule has 1 fully saturated rings. The standard InChI is InChI=1S/C15H21FN2O3/c1-21-15(20)11-8-14(12(16)9-13(11)17)18-6-2-4-10(18)5-3-7-19/h8-10,19H,2-7,17H2,1H3. The maximum atomic E-state index is 14.2. The minimum absolute atomic E-state index is 0.0780. The Morgan fingerprint density at radius 1 is 1.57 bits per heavy atom. The van der Waals surface area contributed by atoms with Gasteiger partial charge in [-0.1, -0.05) is 0 Å². The van der Waals surface area contributed by atoms with Gasteiger partial charge in [0.25, 0.3) is 0 Å². The fourth-order valence-electron chi connectivity index (χ4n) is 2.86. The van der Waals surface area contributed by atoms with Gasteiger partial charge < -0.3 is 20.5 Å². The third kappa shape index (κ3) is 3.26. The van der Waals surface area contributed by atoms with E-state index in [9.17, 15) is 9.18 Å². The second-order valence-corrected chi connectivity index (χ2v) is 5.24. The molecule has 1 aromatic carbocycles. The number of carbonyl (C=O) groups excluding carboxylic acids is 1. The lowest BCUT2D eigenvalue weighted by Gasteiger charge is -2.27. The highest BCUT2D eigenvalue weighted by Crippen LogP contribution is 2.33. The number of nitrogen functional groups attached to an aromatic ring is 1. The molecule has 5 nitrogen and oxygen atoms in total. The number of rotatable bonds is 5. The van der Waals surface area contributed by atoms with Gasteiger partial charge in [0.05, 0.1) is 18.4 Å². The smallest absolute Gasteiger partial charge is 0.340 e. The molecule has 1 saturated heterocycles. The van der Waals surface area contributed by atoms with Crippen molar-refractivity contribution in [2.75, 3.05) is 30.9 Å². The average Bonchev–Trinajstić information content (AvgIpc) is 2.92. The molecule has 21 heavy (non-hydrogen) atoms. The molecule has 0 bridgehead atoms. The van der Waals surface area contributed by atoms with Crippen LogP contribution in [0.3, 0.4) is 0 Å². The lowest BCUT2D eigenvalue weighted by Crippen LogP contribution is -2.30. The quantitative estimate of drug-likeness (QED) is 0.641. The van der Waals surface area contributed by atoms with Crippen LogP contribution < -0.4 is 10.6 Å². The molecule has 0 amide bonds. The summed E-state index contributed by atoms with van der Waals surface area (Å²) in [5.41, 5.74) is 6.33. The first kappa shape index (κ1) is 15.6. The van der Waals surface area contributed by atoms with Crippen molar-refractivity contribution in [3.8, 4) is 0 Å². The van der Waals surface area contributed by atoms with Gasteiger partial charge in [0.2, 0.25) is 0 Å². The molecule has 3 N–H and O–H groups in total. The highest BCUT2D eigenvalue weighted by Gasteiger charge is 2.27. The number of hydrogen-bond acceptors (Lipinski definition) is 5. The lowest BCUT2D eigenvalue weighted by molar-refractivity contribution is 0.0602. The van der Waals surface area contributed by atoms with Gasteiger partial charge in [-0.15, -0.1) is 0 Å². The molecular formula is C15H21FN2O3. The number of nitrogens with zero attached hydrogens (tertiary/aromatic N) is 1. The number of hydrogen-bond donors (Lipinski definition) is 2. The van der Waals surface area contributed by atoms with E-state index in [1.54, 1.807) is 0 Å². The monoisotopic (exact) mass is 296 g/mol. The van der Waals surface area contributed by atoms with Gasteiger partial charge in [-0.05, 0) is 37.8 Å². The first-order valence-corrected chi connectivity index (χ1v) is 7.13. The lowest BCUT2D eigenvalue weighted by atomic mass is 10.1. The van der Waals surface area contributed by atoms with Crippen LogP contribution in [0.4, 0.5) is 15.8 Å². The largest absolute Gasteiger partial charge is 0.465 e. The van der Waals surface area contributed by atoms with Crippen LogP contribution in [0, 0.1) is 5.82 Å². The van der Waals surface area contributed by atoms with Crippen LogP contribution in [0.5, 0.6) is 0 Å². The van der Waals surface area contributed by atoms with E-state index in [4.69, 9.17) is 10.8 Å². The Morgan fingerprint density at radius 2 is 2.33 bits per heavy atom. The van der Waals surface area contributed by atoms with Crippen molar-refractivity contribution in [3.63, 3.8) is 0 Å². The van der Waals surface area contributed by atoms with Crippen molar-refractivity contribution in [2.24, 2.45) is 0 Å². The van der Waals surface area contributed by atoms with Crippen LogP contribution in [-0.4, -0.2) is 37.4 Å². The van der Waals surface area contributed by atoms with E-state index in [2.05, 4.69) is 4.74 Å². The summed E-state index contributed by atoms with van der Waals surface area (Å²) in [6.07, 6.45) is 3.40. The molecule has 1 aromatic rings. The highest BCUT2D eigenvalue weighted by atomic mass is 19.1. The van der Waals surface area contributed by atoms with E-state index in [0.717, 1.165) is 25.8 Å². The Kier molecular flexibility index (Phi) is 5.01. The molecule has 6 heteroatoms. The Morgan fingerprint density at radius 3 is 3.00 bits per heavy atom. The van der Waals surface area contributed by atoms with E-state index in [1.807, 2.05) is 4.90 Å². The number of nitrogens with two attached hydrogens (primary N) is 1. The minimum atomic E-state index is -0.570. The molecular weight excluding hydrogens is 275 g/mol. The van der Waals surface area contributed by atoms with Gasteiger partial charge in [0.15, 0.2) is 0 Å². The fraction of sp³-hybridized carbons (Fsp3) is 0.533. The summed E-state index contributed by atoms with van der Waals surface area (Å²) < 4.78 is 18.9. The number of benzene rings is 1. The summed E-state index contributed by atoms with van der Waals surface area (Å²) in [5.74, 6) is -1.00. The van der Waals surface area contributed by atoms with E-state index >= 15 is 0 Å². The zero-order valence-corrected chi connectivity index (χ0v) is 12.1. The zero-order chi connectivity index (χ0) is 15.4. The second kappa shape index (κ2) is 6.76. The summed E-state index contributed by atoms with van der Waals surface area (Å²) >= 11 is 0. The molecule has 0 aliphatic carbocycles. The van der Waals surface area contributed by atoms with Crippen molar-refractivity contribution >= 4 is 17.3 Å². The third-order valence-electron chi connectivity index (χ3n) is 3.91. The van der Waals surface area contributed by atoms with Gasteiger partial charge in [0, 0.05) is 24.9 Å². The van der Waals surface area contributed by atoms with E-state index in [1.165, 1.54) is 19.2 Å². The first-order chi connectivity index (χ1) is 10.1. The van der Waals surface area contributed by atoms with Crippen LogP contribution in [0.2, 0.25) is 0 Å². The van der Waals surface area contributed by atoms with E-state index in [-0.39, 0.29) is 23.9 Å². The van der Waals surface area contributed by atoms with Gasteiger partial charge in [-0.2, -0.15) is 0 Å². The van der Waals surface area contributed by atoms with E-state index < -0.39 is 11.8 Å². The molecule has 116 valence electrons.